The lowest BCUT2D eigenvalue weighted by Crippen LogP contribution is -2.21. The summed E-state index contributed by atoms with van der Waals surface area (Å²) in [6.07, 6.45) is 0. The van der Waals surface area contributed by atoms with Gasteiger partial charge in [-0.3, -0.25) is 4.79 Å². The maximum absolute atomic E-state index is 13.1. The lowest BCUT2D eigenvalue weighted by atomic mass is 10.2. The third kappa shape index (κ3) is 4.28. The molecule has 2 aromatic carbocycles. The first kappa shape index (κ1) is 17.4. The zero-order valence-electron chi connectivity index (χ0n) is 13.7. The maximum atomic E-state index is 13.1. The minimum atomic E-state index is -0.412. The average molecular weight is 334 g/mol. The van der Waals surface area contributed by atoms with Crippen LogP contribution in [0.1, 0.15) is 0 Å². The van der Waals surface area contributed by atoms with Gasteiger partial charge in [0.2, 0.25) is 11.7 Å². The topological polar surface area (TPSA) is 68.8 Å². The molecule has 0 aliphatic rings. The van der Waals surface area contributed by atoms with Crippen LogP contribution in [0.4, 0.5) is 15.8 Å². The van der Waals surface area contributed by atoms with E-state index in [0.717, 1.165) is 0 Å². The first-order valence-electron chi connectivity index (χ1n) is 7.16. The number of methoxy groups -OCH3 is 3. The molecule has 1 amide bonds. The van der Waals surface area contributed by atoms with E-state index in [1.807, 2.05) is 0 Å². The quantitative estimate of drug-likeness (QED) is 0.815. The molecule has 0 aliphatic heterocycles. The van der Waals surface area contributed by atoms with Crippen LogP contribution in [0.2, 0.25) is 0 Å². The third-order valence-electron chi connectivity index (χ3n) is 3.23. The van der Waals surface area contributed by atoms with Crippen LogP contribution in [0.25, 0.3) is 0 Å². The Morgan fingerprint density at radius 1 is 1.00 bits per heavy atom. The number of carbonyl (C=O) groups excluding carboxylic acids is 1. The highest BCUT2D eigenvalue weighted by Crippen LogP contribution is 2.39. The summed E-state index contributed by atoms with van der Waals surface area (Å²) in [7, 11) is 4.54. The van der Waals surface area contributed by atoms with E-state index >= 15 is 0 Å². The van der Waals surface area contributed by atoms with Gasteiger partial charge in [0.25, 0.3) is 0 Å². The van der Waals surface area contributed by atoms with Gasteiger partial charge >= 0.3 is 0 Å². The number of anilines is 2. The fourth-order valence-electron chi connectivity index (χ4n) is 2.14. The van der Waals surface area contributed by atoms with Crippen molar-refractivity contribution in [3.8, 4) is 17.2 Å². The minimum Gasteiger partial charge on any atom is -0.493 e. The molecule has 0 unspecified atom stereocenters. The number of carbonyl (C=O) groups is 1. The van der Waals surface area contributed by atoms with Crippen LogP contribution in [0.15, 0.2) is 36.4 Å². The molecular formula is C17H19FN2O4. The molecule has 128 valence electrons. The first-order valence-corrected chi connectivity index (χ1v) is 7.16. The molecule has 0 bridgehead atoms. The smallest absolute Gasteiger partial charge is 0.243 e. The Morgan fingerprint density at radius 3 is 2.21 bits per heavy atom. The second kappa shape index (κ2) is 8.05. The van der Waals surface area contributed by atoms with Crippen molar-refractivity contribution in [1.29, 1.82) is 0 Å². The molecule has 0 spiro atoms. The molecule has 2 rings (SSSR count). The summed E-state index contributed by atoms with van der Waals surface area (Å²) >= 11 is 0. The summed E-state index contributed by atoms with van der Waals surface area (Å²) in [4.78, 5) is 11.9. The fraction of sp³-hybridized carbons (Fsp3) is 0.235. The van der Waals surface area contributed by atoms with Crippen LogP contribution in [0, 0.1) is 5.82 Å². The van der Waals surface area contributed by atoms with Gasteiger partial charge in [-0.15, -0.1) is 0 Å². The lowest BCUT2D eigenvalue weighted by Gasteiger charge is -2.15. The molecule has 0 saturated carbocycles. The largest absolute Gasteiger partial charge is 0.493 e. The van der Waals surface area contributed by atoms with Crippen molar-refractivity contribution in [2.45, 2.75) is 0 Å². The van der Waals surface area contributed by atoms with Crippen molar-refractivity contribution in [1.82, 2.24) is 0 Å². The van der Waals surface area contributed by atoms with Crippen LogP contribution in [-0.4, -0.2) is 33.8 Å². The van der Waals surface area contributed by atoms with Crippen molar-refractivity contribution in [3.05, 3.63) is 42.2 Å². The van der Waals surface area contributed by atoms with Crippen molar-refractivity contribution in [2.75, 3.05) is 38.5 Å². The lowest BCUT2D eigenvalue weighted by molar-refractivity contribution is -0.114. The van der Waals surface area contributed by atoms with E-state index in [1.54, 1.807) is 18.2 Å². The predicted molar refractivity (Wildman–Crippen MR) is 89.6 cm³/mol. The highest BCUT2D eigenvalue weighted by Gasteiger charge is 2.13. The molecule has 6 nitrogen and oxygen atoms in total. The zero-order chi connectivity index (χ0) is 17.5. The van der Waals surface area contributed by atoms with Gasteiger partial charge in [0.15, 0.2) is 11.5 Å². The van der Waals surface area contributed by atoms with E-state index in [2.05, 4.69) is 10.6 Å². The van der Waals surface area contributed by atoms with Gasteiger partial charge in [-0.2, -0.15) is 0 Å². The molecule has 24 heavy (non-hydrogen) atoms. The van der Waals surface area contributed by atoms with Crippen LogP contribution >= 0.6 is 0 Å². The molecule has 0 fully saturated rings. The SMILES string of the molecule is COc1cc(NCC(=O)Nc2cccc(F)c2)cc(OC)c1OC. The van der Waals surface area contributed by atoms with Gasteiger partial charge in [0.1, 0.15) is 5.82 Å². The summed E-state index contributed by atoms with van der Waals surface area (Å²) in [5.41, 5.74) is 1.02. The van der Waals surface area contributed by atoms with Crippen molar-refractivity contribution in [3.63, 3.8) is 0 Å². The summed E-state index contributed by atoms with van der Waals surface area (Å²) < 4.78 is 28.8. The Kier molecular flexibility index (Phi) is 5.83. The molecule has 2 N–H and O–H groups in total. The summed E-state index contributed by atoms with van der Waals surface area (Å²) in [6, 6.07) is 9.08. The second-order valence-electron chi connectivity index (χ2n) is 4.83. The Labute approximate surface area is 139 Å². The Bertz CT molecular complexity index is 696. The fourth-order valence-corrected chi connectivity index (χ4v) is 2.14. The summed E-state index contributed by atoms with van der Waals surface area (Å²) in [6.45, 7) is -0.00481. The standard InChI is InChI=1S/C17H19FN2O4/c1-22-14-8-13(9-15(23-2)17(14)24-3)19-10-16(21)20-12-6-4-5-11(18)7-12/h4-9,19H,10H2,1-3H3,(H,20,21). The number of nitrogens with one attached hydrogen (secondary N) is 2. The average Bonchev–Trinajstić information content (AvgIpc) is 2.58. The Hall–Kier alpha value is -2.96. The van der Waals surface area contributed by atoms with Gasteiger partial charge in [0, 0.05) is 23.5 Å². The van der Waals surface area contributed by atoms with Gasteiger partial charge in [0.05, 0.1) is 27.9 Å². The number of ether oxygens (including phenoxy) is 3. The number of rotatable bonds is 7. The highest BCUT2D eigenvalue weighted by molar-refractivity contribution is 5.93. The van der Waals surface area contributed by atoms with E-state index in [1.165, 1.54) is 39.5 Å². The van der Waals surface area contributed by atoms with E-state index in [0.29, 0.717) is 28.6 Å². The zero-order valence-corrected chi connectivity index (χ0v) is 13.7. The van der Waals surface area contributed by atoms with Crippen LogP contribution < -0.4 is 24.8 Å². The Morgan fingerprint density at radius 2 is 1.67 bits per heavy atom. The molecule has 0 aromatic heterocycles. The van der Waals surface area contributed by atoms with Gasteiger partial charge in [-0.25, -0.2) is 4.39 Å². The van der Waals surface area contributed by atoms with Crippen molar-refractivity contribution < 1.29 is 23.4 Å². The molecule has 7 heteroatoms. The van der Waals surface area contributed by atoms with E-state index in [-0.39, 0.29) is 12.5 Å². The normalized spacial score (nSPS) is 10.0. The summed E-state index contributed by atoms with van der Waals surface area (Å²) in [5.74, 6) is 0.698. The highest BCUT2D eigenvalue weighted by atomic mass is 19.1. The van der Waals surface area contributed by atoms with Crippen LogP contribution in [0.3, 0.4) is 0 Å². The van der Waals surface area contributed by atoms with Crippen molar-refractivity contribution >= 4 is 17.3 Å². The van der Waals surface area contributed by atoms with E-state index in [4.69, 9.17) is 14.2 Å². The number of hydrogen-bond acceptors (Lipinski definition) is 5. The maximum Gasteiger partial charge on any atom is 0.243 e. The second-order valence-corrected chi connectivity index (χ2v) is 4.83. The molecular weight excluding hydrogens is 315 g/mol. The first-order chi connectivity index (χ1) is 11.6. The third-order valence-corrected chi connectivity index (χ3v) is 3.23. The molecule has 0 atom stereocenters. The minimum absolute atomic E-state index is 0.00481. The van der Waals surface area contributed by atoms with E-state index in [9.17, 15) is 9.18 Å². The number of amides is 1. The summed E-state index contributed by atoms with van der Waals surface area (Å²) in [5, 5.41) is 5.56. The van der Waals surface area contributed by atoms with Gasteiger partial charge < -0.3 is 24.8 Å². The molecule has 0 aliphatic carbocycles. The van der Waals surface area contributed by atoms with Crippen molar-refractivity contribution in [2.24, 2.45) is 0 Å². The van der Waals surface area contributed by atoms with Gasteiger partial charge in [-0.05, 0) is 18.2 Å². The molecule has 0 heterocycles. The van der Waals surface area contributed by atoms with Crippen LogP contribution in [0.5, 0.6) is 17.2 Å². The number of halogens is 1. The molecule has 0 radical (unpaired) electrons. The molecule has 2 aromatic rings. The van der Waals surface area contributed by atoms with Gasteiger partial charge in [-0.1, -0.05) is 6.07 Å². The number of hydrogen-bond donors (Lipinski definition) is 2. The molecule has 0 saturated heterocycles. The predicted octanol–water partition coefficient (Wildman–Crippen LogP) is 2.90. The van der Waals surface area contributed by atoms with Crippen LogP contribution in [-0.2, 0) is 4.79 Å². The number of benzene rings is 2. The monoisotopic (exact) mass is 334 g/mol. The van der Waals surface area contributed by atoms with E-state index < -0.39 is 5.82 Å². The Balaban J connectivity index is 2.04.